The maximum Gasteiger partial charge on any atom is 0.307 e. The lowest BCUT2D eigenvalue weighted by Gasteiger charge is -2.04. The molecule has 1 N–H and O–H groups in total. The van der Waals surface area contributed by atoms with Crippen molar-refractivity contribution in [1.29, 1.82) is 0 Å². The summed E-state index contributed by atoms with van der Waals surface area (Å²) in [5, 5.41) is 2.88. The Morgan fingerprint density at radius 3 is 2.69 bits per heavy atom. The van der Waals surface area contributed by atoms with Crippen molar-refractivity contribution in [3.8, 4) is 0 Å². The molecule has 0 radical (unpaired) electrons. The Labute approximate surface area is 79.6 Å². The van der Waals surface area contributed by atoms with Gasteiger partial charge in [0.1, 0.15) is 6.61 Å². The van der Waals surface area contributed by atoms with E-state index < -0.39 is 0 Å². The zero-order valence-corrected chi connectivity index (χ0v) is 8.47. The fourth-order valence-electron chi connectivity index (χ4n) is 0.760. The van der Waals surface area contributed by atoms with Crippen molar-refractivity contribution in [2.75, 3.05) is 33.4 Å². The van der Waals surface area contributed by atoms with Gasteiger partial charge in [-0.15, -0.1) is 0 Å². The molecule has 0 heterocycles. The molecule has 0 bridgehead atoms. The summed E-state index contributed by atoms with van der Waals surface area (Å²) < 4.78 is 10.0. The first-order valence-electron chi connectivity index (χ1n) is 4.69. The third-order valence-corrected chi connectivity index (χ3v) is 1.42. The molecule has 4 nitrogen and oxygen atoms in total. The van der Waals surface area contributed by atoms with Gasteiger partial charge in [-0.1, -0.05) is 6.92 Å². The van der Waals surface area contributed by atoms with E-state index in [-0.39, 0.29) is 5.97 Å². The van der Waals surface area contributed by atoms with Gasteiger partial charge in [-0.3, -0.25) is 4.79 Å². The molecule has 0 saturated heterocycles. The zero-order chi connectivity index (χ0) is 9.94. The maximum absolute atomic E-state index is 10.9. The van der Waals surface area contributed by atoms with Crippen LogP contribution in [-0.4, -0.2) is 39.4 Å². The van der Waals surface area contributed by atoms with Gasteiger partial charge < -0.3 is 14.8 Å². The van der Waals surface area contributed by atoms with Gasteiger partial charge in [-0.05, 0) is 13.5 Å². The van der Waals surface area contributed by atoms with Crippen LogP contribution in [0.1, 0.15) is 19.8 Å². The third-order valence-electron chi connectivity index (χ3n) is 1.42. The van der Waals surface area contributed by atoms with Crippen LogP contribution in [0.25, 0.3) is 0 Å². The molecule has 4 heteroatoms. The van der Waals surface area contributed by atoms with E-state index in [9.17, 15) is 4.79 Å². The number of hydrogen-bond donors (Lipinski definition) is 1. The van der Waals surface area contributed by atoms with Gasteiger partial charge in [0.25, 0.3) is 0 Å². The van der Waals surface area contributed by atoms with E-state index in [2.05, 4.69) is 5.32 Å². The third kappa shape index (κ3) is 9.30. The second-order valence-corrected chi connectivity index (χ2v) is 2.69. The highest BCUT2D eigenvalue weighted by molar-refractivity contribution is 5.69. The highest BCUT2D eigenvalue weighted by Crippen LogP contribution is 1.86. The lowest BCUT2D eigenvalue weighted by atomic mass is 10.4. The van der Waals surface area contributed by atoms with Gasteiger partial charge in [-0.2, -0.15) is 0 Å². The van der Waals surface area contributed by atoms with E-state index in [0.717, 1.165) is 13.0 Å². The number of carbonyl (C=O) groups is 1. The van der Waals surface area contributed by atoms with Crippen molar-refractivity contribution in [3.63, 3.8) is 0 Å². The lowest BCUT2D eigenvalue weighted by Crippen LogP contribution is -2.16. The SMILES string of the molecule is CCCOCCOC(=O)CCNC. The summed E-state index contributed by atoms with van der Waals surface area (Å²) in [5.41, 5.74) is 0. The summed E-state index contributed by atoms with van der Waals surface area (Å²) >= 11 is 0. The Bertz CT molecular complexity index is 128. The average molecular weight is 189 g/mol. The largest absolute Gasteiger partial charge is 0.463 e. The first kappa shape index (κ1) is 12.4. The number of hydrogen-bond acceptors (Lipinski definition) is 4. The number of ether oxygens (including phenoxy) is 2. The molecule has 0 amide bonds. The molecule has 0 fully saturated rings. The molecule has 0 aromatic heterocycles. The van der Waals surface area contributed by atoms with E-state index >= 15 is 0 Å². The highest BCUT2D eigenvalue weighted by atomic mass is 16.6. The summed E-state index contributed by atoms with van der Waals surface area (Å²) in [6, 6.07) is 0. The van der Waals surface area contributed by atoms with Gasteiger partial charge >= 0.3 is 5.97 Å². The highest BCUT2D eigenvalue weighted by Gasteiger charge is 2.00. The molecule has 0 aliphatic carbocycles. The van der Waals surface area contributed by atoms with E-state index in [1.165, 1.54) is 0 Å². The fourth-order valence-corrected chi connectivity index (χ4v) is 0.760. The van der Waals surface area contributed by atoms with Crippen molar-refractivity contribution in [2.24, 2.45) is 0 Å². The van der Waals surface area contributed by atoms with Crippen molar-refractivity contribution in [1.82, 2.24) is 5.32 Å². The van der Waals surface area contributed by atoms with Crippen LogP contribution in [0.2, 0.25) is 0 Å². The molecule has 0 aliphatic heterocycles. The van der Waals surface area contributed by atoms with Crippen molar-refractivity contribution < 1.29 is 14.3 Å². The monoisotopic (exact) mass is 189 g/mol. The molecule has 0 aromatic carbocycles. The summed E-state index contributed by atoms with van der Waals surface area (Å²) in [7, 11) is 1.80. The van der Waals surface area contributed by atoms with Crippen LogP contribution in [0, 0.1) is 0 Å². The Morgan fingerprint density at radius 1 is 1.31 bits per heavy atom. The van der Waals surface area contributed by atoms with Gasteiger partial charge in [-0.25, -0.2) is 0 Å². The van der Waals surface area contributed by atoms with Gasteiger partial charge in [0.05, 0.1) is 13.0 Å². The van der Waals surface area contributed by atoms with Crippen molar-refractivity contribution >= 4 is 5.97 Å². The topological polar surface area (TPSA) is 47.6 Å². The van der Waals surface area contributed by atoms with E-state index in [1.54, 1.807) is 7.05 Å². The molecule has 13 heavy (non-hydrogen) atoms. The predicted molar refractivity (Wildman–Crippen MR) is 50.6 cm³/mol. The minimum atomic E-state index is -0.172. The summed E-state index contributed by atoms with van der Waals surface area (Å²) in [5.74, 6) is -0.172. The normalized spacial score (nSPS) is 10.0. The van der Waals surface area contributed by atoms with Crippen molar-refractivity contribution in [2.45, 2.75) is 19.8 Å². The quantitative estimate of drug-likeness (QED) is 0.448. The van der Waals surface area contributed by atoms with E-state index in [1.807, 2.05) is 6.92 Å². The van der Waals surface area contributed by atoms with Crippen LogP contribution in [0.5, 0.6) is 0 Å². The standard InChI is InChI=1S/C9H19NO3/c1-3-6-12-7-8-13-9(11)4-5-10-2/h10H,3-8H2,1-2H3. The Kier molecular flexibility index (Phi) is 9.03. The average Bonchev–Trinajstić information content (AvgIpc) is 2.14. The second kappa shape index (κ2) is 9.48. The Morgan fingerprint density at radius 2 is 2.08 bits per heavy atom. The molecule has 0 rings (SSSR count). The number of nitrogens with one attached hydrogen (secondary N) is 1. The molecule has 0 unspecified atom stereocenters. The molecule has 0 spiro atoms. The van der Waals surface area contributed by atoms with Crippen molar-refractivity contribution in [3.05, 3.63) is 0 Å². The maximum atomic E-state index is 10.9. The smallest absolute Gasteiger partial charge is 0.307 e. The molecule has 0 saturated carbocycles. The molecule has 0 aromatic rings. The van der Waals surface area contributed by atoms with Crippen LogP contribution in [0.3, 0.4) is 0 Å². The van der Waals surface area contributed by atoms with Gasteiger partial charge in [0, 0.05) is 13.2 Å². The Balaban J connectivity index is 3.08. The predicted octanol–water partition coefficient (Wildman–Crippen LogP) is 0.566. The van der Waals surface area contributed by atoms with E-state index in [0.29, 0.717) is 26.2 Å². The Hall–Kier alpha value is -0.610. The summed E-state index contributed by atoms with van der Waals surface area (Å²) in [6.07, 6.45) is 1.41. The number of esters is 1. The van der Waals surface area contributed by atoms with Crippen LogP contribution in [0.15, 0.2) is 0 Å². The minimum absolute atomic E-state index is 0.172. The molecular weight excluding hydrogens is 170 g/mol. The molecular formula is C9H19NO3. The van der Waals surface area contributed by atoms with Gasteiger partial charge in [0.15, 0.2) is 0 Å². The van der Waals surface area contributed by atoms with Crippen LogP contribution < -0.4 is 5.32 Å². The second-order valence-electron chi connectivity index (χ2n) is 2.69. The first-order chi connectivity index (χ1) is 6.31. The lowest BCUT2D eigenvalue weighted by molar-refractivity contribution is -0.145. The number of rotatable bonds is 8. The van der Waals surface area contributed by atoms with Crippen LogP contribution in [-0.2, 0) is 14.3 Å². The van der Waals surface area contributed by atoms with Crippen LogP contribution in [0.4, 0.5) is 0 Å². The first-order valence-corrected chi connectivity index (χ1v) is 4.69. The summed E-state index contributed by atoms with van der Waals surface area (Å²) in [6.45, 7) is 4.29. The fraction of sp³-hybridized carbons (Fsp3) is 0.889. The minimum Gasteiger partial charge on any atom is -0.463 e. The van der Waals surface area contributed by atoms with Gasteiger partial charge in [0.2, 0.25) is 0 Å². The molecule has 78 valence electrons. The zero-order valence-electron chi connectivity index (χ0n) is 8.47. The van der Waals surface area contributed by atoms with E-state index in [4.69, 9.17) is 9.47 Å². The molecule has 0 aliphatic rings. The van der Waals surface area contributed by atoms with Crippen LogP contribution >= 0.6 is 0 Å². The number of carbonyl (C=O) groups excluding carboxylic acids is 1. The molecule has 0 atom stereocenters. The summed E-state index contributed by atoms with van der Waals surface area (Å²) in [4.78, 5) is 10.9.